The molecule has 2 aliphatic rings. The second kappa shape index (κ2) is 7.42. The van der Waals surface area contributed by atoms with Gasteiger partial charge in [0.15, 0.2) is 0 Å². The van der Waals surface area contributed by atoms with Crippen molar-refractivity contribution in [1.29, 1.82) is 0 Å². The standard InChI is InChI=1S/C21H22N4O3/c1-14-8-11-24(12-9-14)16-6-4-15(5-7-16)23-18(26)13-25-20(27)17-3-2-10-22-19(17)21(25)28/h2-7,10,14H,8-9,11-13H2,1H3,(H,23,26). The monoisotopic (exact) mass is 378 g/mol. The van der Waals surface area contributed by atoms with E-state index in [9.17, 15) is 14.4 Å². The molecule has 7 nitrogen and oxygen atoms in total. The highest BCUT2D eigenvalue weighted by Gasteiger charge is 2.37. The number of nitrogens with zero attached hydrogens (tertiary/aromatic N) is 3. The van der Waals surface area contributed by atoms with Gasteiger partial charge in [0, 0.05) is 30.7 Å². The summed E-state index contributed by atoms with van der Waals surface area (Å²) in [6.45, 7) is 4.03. The summed E-state index contributed by atoms with van der Waals surface area (Å²) in [5, 5.41) is 2.75. The number of fused-ring (bicyclic) bond motifs is 1. The first-order valence-corrected chi connectivity index (χ1v) is 9.49. The zero-order chi connectivity index (χ0) is 19.7. The number of pyridine rings is 1. The van der Waals surface area contributed by atoms with Crippen molar-refractivity contribution in [3.8, 4) is 0 Å². The van der Waals surface area contributed by atoms with Gasteiger partial charge >= 0.3 is 0 Å². The Hall–Kier alpha value is -3.22. The molecule has 1 aromatic heterocycles. The molecule has 0 bridgehead atoms. The molecule has 1 N–H and O–H groups in total. The number of anilines is 2. The third-order valence-corrected chi connectivity index (χ3v) is 5.33. The Labute approximate surface area is 163 Å². The van der Waals surface area contributed by atoms with Crippen LogP contribution in [0, 0.1) is 5.92 Å². The van der Waals surface area contributed by atoms with Gasteiger partial charge in [-0.05, 0) is 55.2 Å². The van der Waals surface area contributed by atoms with E-state index in [1.165, 1.54) is 19.0 Å². The number of amides is 3. The minimum atomic E-state index is -0.537. The van der Waals surface area contributed by atoms with Gasteiger partial charge in [-0.3, -0.25) is 24.3 Å². The largest absolute Gasteiger partial charge is 0.372 e. The lowest BCUT2D eigenvalue weighted by molar-refractivity contribution is -0.116. The molecule has 2 aliphatic heterocycles. The maximum absolute atomic E-state index is 12.3. The van der Waals surface area contributed by atoms with Gasteiger partial charge in [0.2, 0.25) is 5.91 Å². The van der Waals surface area contributed by atoms with E-state index in [2.05, 4.69) is 22.1 Å². The average molecular weight is 378 g/mol. The van der Waals surface area contributed by atoms with Crippen LogP contribution in [-0.2, 0) is 4.79 Å². The lowest BCUT2D eigenvalue weighted by Crippen LogP contribution is -2.37. The van der Waals surface area contributed by atoms with Crippen molar-refractivity contribution in [2.75, 3.05) is 29.9 Å². The summed E-state index contributed by atoms with van der Waals surface area (Å²) in [5.41, 5.74) is 2.10. The molecular formula is C21H22N4O3. The van der Waals surface area contributed by atoms with Crippen LogP contribution in [0.5, 0.6) is 0 Å². The lowest BCUT2D eigenvalue weighted by atomic mass is 9.99. The topological polar surface area (TPSA) is 82.6 Å². The number of hydrogen-bond acceptors (Lipinski definition) is 5. The van der Waals surface area contributed by atoms with Gasteiger partial charge in [0.1, 0.15) is 12.2 Å². The highest BCUT2D eigenvalue weighted by molar-refractivity contribution is 6.21. The molecule has 1 fully saturated rings. The Balaban J connectivity index is 1.37. The molecule has 3 amide bonds. The minimum Gasteiger partial charge on any atom is -0.372 e. The van der Waals surface area contributed by atoms with Crippen LogP contribution in [0.1, 0.15) is 40.6 Å². The Kier molecular flexibility index (Phi) is 4.81. The maximum Gasteiger partial charge on any atom is 0.280 e. The summed E-state index contributed by atoms with van der Waals surface area (Å²) in [5.74, 6) is -0.676. The van der Waals surface area contributed by atoms with Gasteiger partial charge in [0.05, 0.1) is 5.56 Å². The van der Waals surface area contributed by atoms with Gasteiger partial charge in [-0.15, -0.1) is 0 Å². The van der Waals surface area contributed by atoms with Gasteiger partial charge in [-0.2, -0.15) is 0 Å². The smallest absolute Gasteiger partial charge is 0.280 e. The highest BCUT2D eigenvalue weighted by Crippen LogP contribution is 2.24. The van der Waals surface area contributed by atoms with Crippen molar-refractivity contribution in [2.24, 2.45) is 5.92 Å². The van der Waals surface area contributed by atoms with E-state index in [-0.39, 0.29) is 17.8 Å². The van der Waals surface area contributed by atoms with E-state index in [1.807, 2.05) is 24.3 Å². The summed E-state index contributed by atoms with van der Waals surface area (Å²) in [6.07, 6.45) is 3.83. The number of aromatic nitrogens is 1. The molecule has 2 aromatic rings. The van der Waals surface area contributed by atoms with E-state index in [1.54, 1.807) is 12.1 Å². The van der Waals surface area contributed by atoms with Crippen LogP contribution in [0.15, 0.2) is 42.6 Å². The molecule has 1 saturated heterocycles. The number of rotatable bonds is 4. The SMILES string of the molecule is CC1CCN(c2ccc(NC(=O)CN3C(=O)c4cccnc4C3=O)cc2)CC1. The van der Waals surface area contributed by atoms with E-state index in [0.29, 0.717) is 5.69 Å². The van der Waals surface area contributed by atoms with E-state index >= 15 is 0 Å². The fourth-order valence-electron chi connectivity index (χ4n) is 3.62. The second-order valence-electron chi connectivity index (χ2n) is 7.36. The molecule has 0 radical (unpaired) electrons. The van der Waals surface area contributed by atoms with Gasteiger partial charge in [-0.25, -0.2) is 0 Å². The molecular weight excluding hydrogens is 356 g/mol. The summed E-state index contributed by atoms with van der Waals surface area (Å²) in [4.78, 5) is 44.2. The zero-order valence-corrected chi connectivity index (χ0v) is 15.7. The first-order valence-electron chi connectivity index (χ1n) is 9.49. The number of nitrogens with one attached hydrogen (secondary N) is 1. The Morgan fingerprint density at radius 2 is 1.82 bits per heavy atom. The number of hydrogen-bond donors (Lipinski definition) is 1. The Morgan fingerprint density at radius 3 is 2.50 bits per heavy atom. The number of piperidine rings is 1. The van der Waals surface area contributed by atoms with Gasteiger partial charge < -0.3 is 10.2 Å². The van der Waals surface area contributed by atoms with E-state index < -0.39 is 17.7 Å². The Bertz CT molecular complexity index is 883. The molecule has 7 heteroatoms. The molecule has 0 aliphatic carbocycles. The quantitative estimate of drug-likeness (QED) is 0.827. The summed E-state index contributed by atoms with van der Waals surface area (Å²) in [6, 6.07) is 10.8. The molecule has 3 heterocycles. The average Bonchev–Trinajstić information content (AvgIpc) is 2.94. The number of benzene rings is 1. The number of imide groups is 1. The fraction of sp³-hybridized carbons (Fsp3) is 0.333. The molecule has 0 saturated carbocycles. The van der Waals surface area contributed by atoms with Crippen molar-refractivity contribution in [3.63, 3.8) is 0 Å². The van der Waals surface area contributed by atoms with Crippen molar-refractivity contribution >= 4 is 29.1 Å². The molecule has 4 rings (SSSR count). The van der Waals surface area contributed by atoms with Crippen molar-refractivity contribution in [3.05, 3.63) is 53.9 Å². The lowest BCUT2D eigenvalue weighted by Gasteiger charge is -2.32. The minimum absolute atomic E-state index is 0.0977. The van der Waals surface area contributed by atoms with Crippen LogP contribution >= 0.6 is 0 Å². The van der Waals surface area contributed by atoms with Crippen LogP contribution in [0.25, 0.3) is 0 Å². The summed E-state index contributed by atoms with van der Waals surface area (Å²) in [7, 11) is 0. The van der Waals surface area contributed by atoms with Crippen LogP contribution in [0.4, 0.5) is 11.4 Å². The second-order valence-corrected chi connectivity index (χ2v) is 7.36. The third kappa shape index (κ3) is 3.47. The Morgan fingerprint density at radius 1 is 1.11 bits per heavy atom. The van der Waals surface area contributed by atoms with Crippen LogP contribution < -0.4 is 10.2 Å². The number of carbonyl (C=O) groups is 3. The normalized spacial score (nSPS) is 17.0. The zero-order valence-electron chi connectivity index (χ0n) is 15.7. The van der Waals surface area contributed by atoms with Crippen molar-refractivity contribution in [1.82, 2.24) is 9.88 Å². The van der Waals surface area contributed by atoms with Crippen LogP contribution in [0.2, 0.25) is 0 Å². The molecule has 0 atom stereocenters. The first-order chi connectivity index (χ1) is 13.5. The molecule has 0 spiro atoms. The van der Waals surface area contributed by atoms with Crippen LogP contribution in [0.3, 0.4) is 0 Å². The number of carbonyl (C=O) groups excluding carboxylic acids is 3. The van der Waals surface area contributed by atoms with Gasteiger partial charge in [0.25, 0.3) is 11.8 Å². The van der Waals surface area contributed by atoms with Crippen molar-refractivity contribution in [2.45, 2.75) is 19.8 Å². The molecule has 0 unspecified atom stereocenters. The van der Waals surface area contributed by atoms with Crippen LogP contribution in [-0.4, -0.2) is 47.2 Å². The first kappa shape index (κ1) is 18.2. The highest BCUT2D eigenvalue weighted by atomic mass is 16.2. The maximum atomic E-state index is 12.3. The van der Waals surface area contributed by atoms with E-state index in [0.717, 1.165) is 29.6 Å². The molecule has 28 heavy (non-hydrogen) atoms. The van der Waals surface area contributed by atoms with Crippen molar-refractivity contribution < 1.29 is 14.4 Å². The molecule has 144 valence electrons. The predicted molar refractivity (Wildman–Crippen MR) is 105 cm³/mol. The fourth-order valence-corrected chi connectivity index (χ4v) is 3.62. The summed E-state index contributed by atoms with van der Waals surface area (Å²) < 4.78 is 0. The molecule has 1 aromatic carbocycles. The van der Waals surface area contributed by atoms with Gasteiger partial charge in [-0.1, -0.05) is 6.92 Å². The third-order valence-electron chi connectivity index (χ3n) is 5.33. The predicted octanol–water partition coefficient (Wildman–Crippen LogP) is 2.55. The van der Waals surface area contributed by atoms with E-state index in [4.69, 9.17) is 0 Å². The summed E-state index contributed by atoms with van der Waals surface area (Å²) >= 11 is 0.